The van der Waals surface area contributed by atoms with Crippen LogP contribution in [-0.4, -0.2) is 12.5 Å². The van der Waals surface area contributed by atoms with Gasteiger partial charge in [-0.05, 0) is 36.2 Å². The number of hydrogen-bond donors (Lipinski definition) is 1. The van der Waals surface area contributed by atoms with E-state index < -0.39 is 11.7 Å². The largest absolute Gasteiger partial charge is 0.489 e. The summed E-state index contributed by atoms with van der Waals surface area (Å²) in [5.74, 6) is 0.380. The summed E-state index contributed by atoms with van der Waals surface area (Å²) in [7, 11) is 0. The minimum atomic E-state index is -4.37. The van der Waals surface area contributed by atoms with E-state index in [4.69, 9.17) is 4.74 Å². The van der Waals surface area contributed by atoms with Crippen LogP contribution in [-0.2, 0) is 19.2 Å². The van der Waals surface area contributed by atoms with Gasteiger partial charge in [-0.2, -0.15) is 13.2 Å². The Bertz CT molecular complexity index is 741. The maximum absolute atomic E-state index is 12.7. The van der Waals surface area contributed by atoms with Gasteiger partial charge >= 0.3 is 6.18 Å². The van der Waals surface area contributed by atoms with Crippen molar-refractivity contribution in [3.8, 4) is 5.75 Å². The van der Waals surface area contributed by atoms with E-state index in [1.807, 2.05) is 0 Å². The molecule has 1 N–H and O–H groups in total. The van der Waals surface area contributed by atoms with Crippen molar-refractivity contribution < 1.29 is 22.7 Å². The smallest absolute Gasteiger partial charge is 0.416 e. The average molecular weight is 321 g/mol. The highest BCUT2D eigenvalue weighted by atomic mass is 19.4. The van der Waals surface area contributed by atoms with Crippen molar-refractivity contribution in [1.82, 2.24) is 5.32 Å². The lowest BCUT2D eigenvalue weighted by molar-refractivity contribution is -0.137. The zero-order valence-electron chi connectivity index (χ0n) is 12.1. The summed E-state index contributed by atoms with van der Waals surface area (Å²) in [6, 6.07) is 10.2. The van der Waals surface area contributed by atoms with Gasteiger partial charge in [-0.25, -0.2) is 0 Å². The quantitative estimate of drug-likeness (QED) is 0.938. The van der Waals surface area contributed by atoms with Gasteiger partial charge in [0.25, 0.3) is 5.91 Å². The van der Waals surface area contributed by atoms with E-state index in [9.17, 15) is 18.0 Å². The van der Waals surface area contributed by atoms with Crippen LogP contribution >= 0.6 is 0 Å². The van der Waals surface area contributed by atoms with Crippen molar-refractivity contribution in [2.75, 3.05) is 6.54 Å². The second kappa shape index (κ2) is 5.95. The van der Waals surface area contributed by atoms with Crippen LogP contribution in [0.25, 0.3) is 0 Å². The highest BCUT2D eigenvalue weighted by Crippen LogP contribution is 2.30. The van der Waals surface area contributed by atoms with Gasteiger partial charge in [-0.1, -0.05) is 18.2 Å². The van der Waals surface area contributed by atoms with Crippen molar-refractivity contribution in [1.29, 1.82) is 0 Å². The SMILES string of the molecule is O=C1NCCc2c(OCc3cccc(C(F)(F)F)c3)cccc21. The Morgan fingerprint density at radius 1 is 1.13 bits per heavy atom. The molecular weight excluding hydrogens is 307 g/mol. The molecule has 0 radical (unpaired) electrons. The Hall–Kier alpha value is -2.50. The number of ether oxygens (including phenoxy) is 1. The molecule has 3 nitrogen and oxygen atoms in total. The van der Waals surface area contributed by atoms with Crippen LogP contribution in [0.3, 0.4) is 0 Å². The number of fused-ring (bicyclic) bond motifs is 1. The Morgan fingerprint density at radius 3 is 2.70 bits per heavy atom. The van der Waals surface area contributed by atoms with Crippen molar-refractivity contribution in [3.63, 3.8) is 0 Å². The molecule has 0 fully saturated rings. The molecule has 0 aliphatic carbocycles. The van der Waals surface area contributed by atoms with Crippen LogP contribution in [0.4, 0.5) is 13.2 Å². The predicted octanol–water partition coefficient (Wildman–Crippen LogP) is 3.57. The maximum Gasteiger partial charge on any atom is 0.416 e. The molecule has 2 aromatic rings. The fourth-order valence-electron chi connectivity index (χ4n) is 2.57. The van der Waals surface area contributed by atoms with Crippen LogP contribution in [0.5, 0.6) is 5.75 Å². The molecule has 1 aliphatic rings. The first-order valence-electron chi connectivity index (χ1n) is 7.14. The van der Waals surface area contributed by atoms with Gasteiger partial charge in [0.1, 0.15) is 12.4 Å². The fraction of sp³-hybridized carbons (Fsp3) is 0.235. The molecule has 1 heterocycles. The van der Waals surface area contributed by atoms with Crippen LogP contribution in [0.15, 0.2) is 42.5 Å². The van der Waals surface area contributed by atoms with Crippen molar-refractivity contribution in [2.24, 2.45) is 0 Å². The number of rotatable bonds is 3. The molecule has 0 saturated carbocycles. The van der Waals surface area contributed by atoms with Gasteiger partial charge in [0, 0.05) is 17.7 Å². The third kappa shape index (κ3) is 3.31. The van der Waals surface area contributed by atoms with E-state index in [0.29, 0.717) is 29.8 Å². The Labute approximate surface area is 131 Å². The maximum atomic E-state index is 12.7. The summed E-state index contributed by atoms with van der Waals surface area (Å²) >= 11 is 0. The molecule has 23 heavy (non-hydrogen) atoms. The van der Waals surface area contributed by atoms with Gasteiger partial charge < -0.3 is 10.1 Å². The molecule has 1 amide bonds. The Balaban J connectivity index is 1.80. The van der Waals surface area contributed by atoms with Gasteiger partial charge in [-0.3, -0.25) is 4.79 Å². The number of amides is 1. The Morgan fingerprint density at radius 2 is 1.91 bits per heavy atom. The first kappa shape index (κ1) is 15.4. The number of nitrogens with one attached hydrogen (secondary N) is 1. The van der Waals surface area contributed by atoms with Crippen molar-refractivity contribution >= 4 is 5.91 Å². The molecule has 3 rings (SSSR count). The van der Waals surface area contributed by atoms with E-state index in [2.05, 4.69) is 5.32 Å². The number of carbonyl (C=O) groups is 1. The normalized spacial score (nSPS) is 14.1. The molecule has 0 atom stereocenters. The second-order valence-corrected chi connectivity index (χ2v) is 5.27. The number of halogens is 3. The molecule has 2 aromatic carbocycles. The first-order valence-corrected chi connectivity index (χ1v) is 7.14. The van der Waals surface area contributed by atoms with Crippen LogP contribution in [0, 0.1) is 0 Å². The van der Waals surface area contributed by atoms with E-state index >= 15 is 0 Å². The molecule has 0 aromatic heterocycles. The molecular formula is C17H14F3NO2. The molecule has 120 valence electrons. The van der Waals surface area contributed by atoms with Gasteiger partial charge in [-0.15, -0.1) is 0 Å². The lowest BCUT2D eigenvalue weighted by Gasteiger charge is -2.20. The molecule has 0 unspecified atom stereocenters. The molecule has 1 aliphatic heterocycles. The van der Waals surface area contributed by atoms with E-state index in [-0.39, 0.29) is 12.5 Å². The fourth-order valence-corrected chi connectivity index (χ4v) is 2.57. The van der Waals surface area contributed by atoms with Gasteiger partial charge in [0.2, 0.25) is 0 Å². The first-order chi connectivity index (χ1) is 10.9. The number of hydrogen-bond acceptors (Lipinski definition) is 2. The summed E-state index contributed by atoms with van der Waals surface area (Å²) in [5.41, 5.74) is 1.08. The third-order valence-corrected chi connectivity index (χ3v) is 3.69. The summed E-state index contributed by atoms with van der Waals surface area (Å²) in [6.45, 7) is 0.539. The number of carbonyl (C=O) groups excluding carboxylic acids is 1. The lowest BCUT2D eigenvalue weighted by atomic mass is 9.99. The highest BCUT2D eigenvalue weighted by Gasteiger charge is 2.30. The van der Waals surface area contributed by atoms with E-state index in [1.165, 1.54) is 6.07 Å². The van der Waals surface area contributed by atoms with Crippen molar-refractivity contribution in [3.05, 3.63) is 64.7 Å². The minimum Gasteiger partial charge on any atom is -0.489 e. The topological polar surface area (TPSA) is 38.3 Å². The van der Waals surface area contributed by atoms with Crippen molar-refractivity contribution in [2.45, 2.75) is 19.2 Å². The van der Waals surface area contributed by atoms with E-state index in [0.717, 1.165) is 17.7 Å². The summed E-state index contributed by atoms with van der Waals surface area (Å²) < 4.78 is 43.8. The van der Waals surface area contributed by atoms with E-state index in [1.54, 1.807) is 24.3 Å². The average Bonchev–Trinajstić information content (AvgIpc) is 2.53. The molecule has 0 spiro atoms. The second-order valence-electron chi connectivity index (χ2n) is 5.27. The zero-order valence-corrected chi connectivity index (χ0v) is 12.1. The standard InChI is InChI=1S/C17H14F3NO2/c18-17(19,20)12-4-1-3-11(9-12)10-23-15-6-2-5-14-13(15)7-8-21-16(14)22/h1-6,9H,7-8,10H2,(H,21,22). The van der Waals surface area contributed by atoms with Gasteiger partial charge in [0.15, 0.2) is 0 Å². The number of alkyl halides is 3. The van der Waals surface area contributed by atoms with Gasteiger partial charge in [0.05, 0.1) is 5.56 Å². The highest BCUT2D eigenvalue weighted by molar-refractivity contribution is 5.97. The third-order valence-electron chi connectivity index (χ3n) is 3.69. The van der Waals surface area contributed by atoms with Crippen LogP contribution in [0.1, 0.15) is 27.0 Å². The molecule has 0 saturated heterocycles. The van der Waals surface area contributed by atoms with Crippen LogP contribution in [0.2, 0.25) is 0 Å². The predicted molar refractivity (Wildman–Crippen MR) is 78.3 cm³/mol. The lowest BCUT2D eigenvalue weighted by Crippen LogP contribution is -2.32. The molecule has 0 bridgehead atoms. The summed E-state index contributed by atoms with van der Waals surface area (Å²) in [5, 5.41) is 2.74. The summed E-state index contributed by atoms with van der Waals surface area (Å²) in [4.78, 5) is 11.8. The monoisotopic (exact) mass is 321 g/mol. The van der Waals surface area contributed by atoms with Crippen LogP contribution < -0.4 is 10.1 Å². The summed E-state index contributed by atoms with van der Waals surface area (Å²) in [6.07, 6.45) is -3.74. The Kier molecular flexibility index (Phi) is 3.98. The minimum absolute atomic E-state index is 0.0159. The molecule has 6 heteroatoms. The zero-order chi connectivity index (χ0) is 16.4. The number of benzene rings is 2.